The first-order valence-electron chi connectivity index (χ1n) is 12.1. The van der Waals surface area contributed by atoms with Crippen molar-refractivity contribution >= 4 is 5.97 Å². The van der Waals surface area contributed by atoms with Crippen molar-refractivity contribution in [3.05, 3.63) is 24.3 Å². The van der Waals surface area contributed by atoms with Crippen molar-refractivity contribution in [1.82, 2.24) is 14.8 Å². The van der Waals surface area contributed by atoms with Gasteiger partial charge >= 0.3 is 5.97 Å². The fourth-order valence-corrected chi connectivity index (χ4v) is 8.03. The number of rotatable bonds is 4. The van der Waals surface area contributed by atoms with E-state index in [1.54, 1.807) is 18.8 Å². The Bertz CT molecular complexity index is 818. The third kappa shape index (κ3) is 3.23. The number of fused-ring (bicyclic) bond motifs is 5. The van der Waals surface area contributed by atoms with Crippen LogP contribution < -0.4 is 0 Å². The molecule has 5 nitrogen and oxygen atoms in total. The molecule has 0 amide bonds. The van der Waals surface area contributed by atoms with Crippen LogP contribution in [0, 0.1) is 34.5 Å². The Morgan fingerprint density at radius 2 is 1.97 bits per heavy atom. The maximum Gasteiger partial charge on any atom is 0.302 e. The molecule has 0 bridgehead atoms. The average molecular weight is 412 g/mol. The van der Waals surface area contributed by atoms with E-state index in [2.05, 4.69) is 30.0 Å². The van der Waals surface area contributed by atoms with Gasteiger partial charge in [0.1, 0.15) is 18.8 Å². The topological polar surface area (TPSA) is 57.0 Å². The normalized spacial score (nSPS) is 42.6. The summed E-state index contributed by atoms with van der Waals surface area (Å²) in [5.41, 5.74) is 2.64. The Morgan fingerprint density at radius 3 is 2.73 bits per heavy atom. The van der Waals surface area contributed by atoms with Gasteiger partial charge in [0.2, 0.25) is 0 Å². The summed E-state index contributed by atoms with van der Waals surface area (Å²) in [6.07, 6.45) is 17.4. The lowest BCUT2D eigenvalue weighted by Crippen LogP contribution is -2.50. The van der Waals surface area contributed by atoms with Gasteiger partial charge in [-0.1, -0.05) is 25.5 Å². The zero-order valence-electron chi connectivity index (χ0n) is 18.8. The van der Waals surface area contributed by atoms with Crippen LogP contribution in [-0.4, -0.2) is 26.8 Å². The number of hydrogen-bond acceptors (Lipinski definition) is 4. The molecule has 3 saturated carbocycles. The summed E-state index contributed by atoms with van der Waals surface area (Å²) in [4.78, 5) is 15.6. The Balaban J connectivity index is 1.32. The van der Waals surface area contributed by atoms with Crippen LogP contribution in [0.1, 0.15) is 78.6 Å². The van der Waals surface area contributed by atoms with Crippen LogP contribution in [0.25, 0.3) is 0 Å². The summed E-state index contributed by atoms with van der Waals surface area (Å²) >= 11 is 0. The minimum absolute atomic E-state index is 0.119. The summed E-state index contributed by atoms with van der Waals surface area (Å²) in [5, 5.41) is 4.31. The SMILES string of the molecule is CC(=O)O[C@H]1CC[C@@]2(C)C(CC=C3C2CC[C@]2(C)C(CCn4cncn4)CCC32)C1. The van der Waals surface area contributed by atoms with Crippen LogP contribution in [0.2, 0.25) is 0 Å². The molecule has 4 aliphatic rings. The largest absolute Gasteiger partial charge is 0.463 e. The summed E-state index contributed by atoms with van der Waals surface area (Å²) in [7, 11) is 0. The van der Waals surface area contributed by atoms with Crippen LogP contribution in [-0.2, 0) is 16.1 Å². The van der Waals surface area contributed by atoms with Gasteiger partial charge in [-0.2, -0.15) is 5.10 Å². The van der Waals surface area contributed by atoms with Gasteiger partial charge in [0.05, 0.1) is 0 Å². The molecule has 164 valence electrons. The van der Waals surface area contributed by atoms with E-state index in [4.69, 9.17) is 4.74 Å². The van der Waals surface area contributed by atoms with Crippen molar-refractivity contribution in [1.29, 1.82) is 0 Å². The van der Waals surface area contributed by atoms with E-state index >= 15 is 0 Å². The molecule has 3 fully saturated rings. The maximum absolute atomic E-state index is 11.5. The molecule has 1 aromatic heterocycles. The van der Waals surface area contributed by atoms with Crippen LogP contribution >= 0.6 is 0 Å². The lowest BCUT2D eigenvalue weighted by molar-refractivity contribution is -0.152. The van der Waals surface area contributed by atoms with Crippen LogP contribution in [0.5, 0.6) is 0 Å². The standard InChI is InChI=1S/C25H37N3O2/c1-17(29)30-20-8-11-25(3)19(14-20)4-6-21-22-7-5-18(10-13-28-16-26-15-27-28)24(22,2)12-9-23(21)25/h6,15-16,18-20,22-23H,4-5,7-14H2,1-3H3/t18?,19?,20-,22?,23?,24+,25-/m0/s1. The van der Waals surface area contributed by atoms with Gasteiger partial charge in [0.25, 0.3) is 0 Å². The molecule has 1 aromatic rings. The second kappa shape index (κ2) is 7.49. The number of carbonyl (C=O) groups is 1. The molecule has 0 saturated heterocycles. The minimum Gasteiger partial charge on any atom is -0.463 e. The predicted molar refractivity (Wildman–Crippen MR) is 115 cm³/mol. The van der Waals surface area contributed by atoms with Crippen molar-refractivity contribution in [2.75, 3.05) is 0 Å². The lowest BCUT2D eigenvalue weighted by Gasteiger charge is -2.57. The fraction of sp³-hybridized carbons (Fsp3) is 0.800. The first kappa shape index (κ1) is 20.3. The molecule has 7 atom stereocenters. The van der Waals surface area contributed by atoms with Gasteiger partial charge in [0, 0.05) is 13.5 Å². The molecule has 0 aromatic carbocycles. The first-order chi connectivity index (χ1) is 14.4. The second-order valence-electron chi connectivity index (χ2n) is 11.0. The average Bonchev–Trinajstić information content (AvgIpc) is 3.33. The molecule has 0 spiro atoms. The zero-order valence-corrected chi connectivity index (χ0v) is 18.8. The van der Waals surface area contributed by atoms with E-state index < -0.39 is 0 Å². The number of allylic oxidation sites excluding steroid dienone is 2. The fourth-order valence-electron chi connectivity index (χ4n) is 8.03. The van der Waals surface area contributed by atoms with E-state index in [1.165, 1.54) is 44.9 Å². The lowest BCUT2D eigenvalue weighted by atomic mass is 9.48. The quantitative estimate of drug-likeness (QED) is 0.506. The molecule has 0 aliphatic heterocycles. The number of hydrogen-bond donors (Lipinski definition) is 0. The molecule has 5 heteroatoms. The van der Waals surface area contributed by atoms with E-state index in [1.807, 2.05) is 11.0 Å². The molecule has 0 N–H and O–H groups in total. The smallest absolute Gasteiger partial charge is 0.302 e. The van der Waals surface area contributed by atoms with Gasteiger partial charge in [0.15, 0.2) is 0 Å². The van der Waals surface area contributed by atoms with E-state index in [-0.39, 0.29) is 12.1 Å². The predicted octanol–water partition coefficient (Wildman–Crippen LogP) is 5.18. The summed E-state index contributed by atoms with van der Waals surface area (Å²) < 4.78 is 7.60. The Kier molecular flexibility index (Phi) is 5.06. The highest BCUT2D eigenvalue weighted by Crippen LogP contribution is 2.66. The van der Waals surface area contributed by atoms with Crippen molar-refractivity contribution in [2.45, 2.75) is 91.2 Å². The Labute approximate surface area is 180 Å². The van der Waals surface area contributed by atoms with Gasteiger partial charge in [-0.25, -0.2) is 4.98 Å². The van der Waals surface area contributed by atoms with Gasteiger partial charge < -0.3 is 4.74 Å². The van der Waals surface area contributed by atoms with Crippen LogP contribution in [0.4, 0.5) is 0 Å². The third-order valence-corrected chi connectivity index (χ3v) is 9.73. The highest BCUT2D eigenvalue weighted by molar-refractivity contribution is 5.66. The van der Waals surface area contributed by atoms with Crippen LogP contribution in [0.3, 0.4) is 0 Å². The number of ether oxygens (including phenoxy) is 1. The van der Waals surface area contributed by atoms with Crippen molar-refractivity contribution in [3.63, 3.8) is 0 Å². The Hall–Kier alpha value is -1.65. The number of aryl methyl sites for hydroxylation is 1. The second-order valence-corrected chi connectivity index (χ2v) is 11.0. The van der Waals surface area contributed by atoms with Crippen molar-refractivity contribution < 1.29 is 9.53 Å². The molecule has 5 rings (SSSR count). The number of aromatic nitrogens is 3. The van der Waals surface area contributed by atoms with Crippen molar-refractivity contribution in [2.24, 2.45) is 34.5 Å². The number of esters is 1. The molecule has 4 aliphatic carbocycles. The monoisotopic (exact) mass is 411 g/mol. The van der Waals surface area contributed by atoms with Crippen LogP contribution in [0.15, 0.2) is 24.3 Å². The summed E-state index contributed by atoms with van der Waals surface area (Å²) in [5.74, 6) is 2.84. The third-order valence-electron chi connectivity index (χ3n) is 9.73. The molecule has 0 radical (unpaired) electrons. The molecule has 30 heavy (non-hydrogen) atoms. The van der Waals surface area contributed by atoms with Gasteiger partial charge in [-0.15, -0.1) is 0 Å². The molecule has 4 unspecified atom stereocenters. The molecular formula is C25H37N3O2. The summed E-state index contributed by atoms with van der Waals surface area (Å²) in [6, 6.07) is 0. The first-order valence-corrected chi connectivity index (χ1v) is 12.1. The van der Waals surface area contributed by atoms with Gasteiger partial charge in [-0.3, -0.25) is 9.48 Å². The zero-order chi connectivity index (χ0) is 20.9. The van der Waals surface area contributed by atoms with E-state index in [9.17, 15) is 4.79 Å². The van der Waals surface area contributed by atoms with Crippen molar-refractivity contribution in [3.8, 4) is 0 Å². The number of carbonyl (C=O) groups excluding carboxylic acids is 1. The Morgan fingerprint density at radius 1 is 1.17 bits per heavy atom. The van der Waals surface area contributed by atoms with E-state index in [0.717, 1.165) is 37.1 Å². The van der Waals surface area contributed by atoms with Gasteiger partial charge in [-0.05, 0) is 92.3 Å². The number of nitrogens with zero attached hydrogens (tertiary/aromatic N) is 3. The molecule has 1 heterocycles. The minimum atomic E-state index is -0.119. The highest BCUT2D eigenvalue weighted by Gasteiger charge is 2.57. The summed E-state index contributed by atoms with van der Waals surface area (Å²) in [6.45, 7) is 7.68. The van der Waals surface area contributed by atoms with E-state index in [0.29, 0.717) is 16.7 Å². The molecular weight excluding hydrogens is 374 g/mol. The highest BCUT2D eigenvalue weighted by atomic mass is 16.5. The maximum atomic E-state index is 11.5.